The number of nitrogen functional groups attached to an aromatic ring is 1. The molecule has 0 saturated carbocycles. The predicted molar refractivity (Wildman–Crippen MR) is 67.4 cm³/mol. The van der Waals surface area contributed by atoms with Gasteiger partial charge in [0.25, 0.3) is 0 Å². The maximum absolute atomic E-state index is 11.3. The van der Waals surface area contributed by atoms with Gasteiger partial charge in [-0.05, 0) is 6.07 Å². The minimum atomic E-state index is -1.11. The van der Waals surface area contributed by atoms with E-state index in [1.807, 2.05) is 0 Å². The lowest BCUT2D eigenvalue weighted by molar-refractivity contribution is -0.128. The Bertz CT molecular complexity index is 460. The van der Waals surface area contributed by atoms with E-state index < -0.39 is 5.97 Å². The molecule has 7 heteroatoms. The van der Waals surface area contributed by atoms with Gasteiger partial charge in [0.15, 0.2) is 0 Å². The SMILES string of the molecule is CN(C)C(=O)CCNc1ncc(N)cc1C(=O)O. The number of carbonyl (C=O) groups is 2. The first-order chi connectivity index (χ1) is 8.41. The summed E-state index contributed by atoms with van der Waals surface area (Å²) in [6.07, 6.45) is 1.63. The lowest BCUT2D eigenvalue weighted by atomic mass is 10.2. The average molecular weight is 252 g/mol. The van der Waals surface area contributed by atoms with Crippen molar-refractivity contribution in [2.45, 2.75) is 6.42 Å². The van der Waals surface area contributed by atoms with Crippen molar-refractivity contribution in [2.75, 3.05) is 31.7 Å². The van der Waals surface area contributed by atoms with E-state index >= 15 is 0 Å². The minimum absolute atomic E-state index is 0.00713. The number of pyridine rings is 1. The molecule has 1 amide bonds. The van der Waals surface area contributed by atoms with Gasteiger partial charge >= 0.3 is 5.97 Å². The highest BCUT2D eigenvalue weighted by molar-refractivity contribution is 5.94. The van der Waals surface area contributed by atoms with E-state index in [0.717, 1.165) is 0 Å². The Morgan fingerprint density at radius 2 is 2.17 bits per heavy atom. The number of nitrogens with two attached hydrogens (primary N) is 1. The highest BCUT2D eigenvalue weighted by Gasteiger charge is 2.12. The van der Waals surface area contributed by atoms with Gasteiger partial charge in [-0.3, -0.25) is 4.79 Å². The van der Waals surface area contributed by atoms with E-state index in [-0.39, 0.29) is 29.4 Å². The second-order valence-corrected chi connectivity index (χ2v) is 3.93. The Hall–Kier alpha value is -2.31. The number of carbonyl (C=O) groups excluding carboxylic acids is 1. The van der Waals surface area contributed by atoms with Crippen LogP contribution >= 0.6 is 0 Å². The van der Waals surface area contributed by atoms with Crippen molar-refractivity contribution in [3.8, 4) is 0 Å². The number of nitrogens with zero attached hydrogens (tertiary/aromatic N) is 2. The highest BCUT2D eigenvalue weighted by Crippen LogP contribution is 2.15. The van der Waals surface area contributed by atoms with E-state index in [0.29, 0.717) is 6.54 Å². The lowest BCUT2D eigenvalue weighted by Crippen LogP contribution is -2.24. The molecule has 0 aromatic carbocycles. The topological polar surface area (TPSA) is 109 Å². The molecular weight excluding hydrogens is 236 g/mol. The number of rotatable bonds is 5. The molecule has 0 aliphatic carbocycles. The molecule has 0 unspecified atom stereocenters. The van der Waals surface area contributed by atoms with Crippen LogP contribution in [0.5, 0.6) is 0 Å². The van der Waals surface area contributed by atoms with Gasteiger partial charge in [-0.15, -0.1) is 0 Å². The summed E-state index contributed by atoms with van der Waals surface area (Å²) in [7, 11) is 3.32. The van der Waals surface area contributed by atoms with Crippen LogP contribution in [-0.2, 0) is 4.79 Å². The van der Waals surface area contributed by atoms with Crippen molar-refractivity contribution < 1.29 is 14.7 Å². The van der Waals surface area contributed by atoms with Gasteiger partial charge in [-0.25, -0.2) is 9.78 Å². The van der Waals surface area contributed by atoms with Crippen LogP contribution in [-0.4, -0.2) is 47.5 Å². The normalized spacial score (nSPS) is 9.89. The van der Waals surface area contributed by atoms with Crippen LogP contribution in [0.3, 0.4) is 0 Å². The fourth-order valence-electron chi connectivity index (χ4n) is 1.30. The smallest absolute Gasteiger partial charge is 0.339 e. The van der Waals surface area contributed by atoms with Crippen LogP contribution in [0.1, 0.15) is 16.8 Å². The maximum atomic E-state index is 11.3. The van der Waals surface area contributed by atoms with Crippen LogP contribution in [0.2, 0.25) is 0 Å². The molecule has 0 aliphatic rings. The zero-order chi connectivity index (χ0) is 13.7. The second kappa shape index (κ2) is 5.85. The van der Waals surface area contributed by atoms with Crippen LogP contribution in [0.4, 0.5) is 11.5 Å². The molecule has 7 nitrogen and oxygen atoms in total. The second-order valence-electron chi connectivity index (χ2n) is 3.93. The van der Waals surface area contributed by atoms with E-state index in [1.54, 1.807) is 14.1 Å². The lowest BCUT2D eigenvalue weighted by Gasteiger charge is -2.12. The van der Waals surface area contributed by atoms with Crippen LogP contribution < -0.4 is 11.1 Å². The molecule has 0 atom stereocenters. The average Bonchev–Trinajstić information content (AvgIpc) is 2.30. The number of aromatic nitrogens is 1. The molecular formula is C11H16N4O3. The van der Waals surface area contributed by atoms with Gasteiger partial charge in [0, 0.05) is 27.1 Å². The van der Waals surface area contributed by atoms with E-state index in [2.05, 4.69) is 10.3 Å². The zero-order valence-electron chi connectivity index (χ0n) is 10.3. The first kappa shape index (κ1) is 13.8. The molecule has 0 fully saturated rings. The van der Waals surface area contributed by atoms with Crippen molar-refractivity contribution in [1.82, 2.24) is 9.88 Å². The molecule has 4 N–H and O–H groups in total. The van der Waals surface area contributed by atoms with Gasteiger partial charge in [-0.2, -0.15) is 0 Å². The molecule has 0 bridgehead atoms. The third-order valence-corrected chi connectivity index (χ3v) is 2.27. The number of carboxylic acids is 1. The van der Waals surface area contributed by atoms with Gasteiger partial charge in [0.2, 0.25) is 5.91 Å². The molecule has 0 radical (unpaired) electrons. The van der Waals surface area contributed by atoms with Crippen molar-refractivity contribution in [1.29, 1.82) is 0 Å². The summed E-state index contributed by atoms with van der Waals surface area (Å²) < 4.78 is 0. The van der Waals surface area contributed by atoms with Crippen LogP contribution in [0.15, 0.2) is 12.3 Å². The summed E-state index contributed by atoms with van der Waals surface area (Å²) in [6.45, 7) is 0.314. The van der Waals surface area contributed by atoms with Gasteiger partial charge in [0.1, 0.15) is 11.4 Å². The van der Waals surface area contributed by atoms with E-state index in [9.17, 15) is 9.59 Å². The van der Waals surface area contributed by atoms with Crippen molar-refractivity contribution in [2.24, 2.45) is 0 Å². The van der Waals surface area contributed by atoms with Crippen LogP contribution in [0.25, 0.3) is 0 Å². The van der Waals surface area contributed by atoms with Crippen molar-refractivity contribution >= 4 is 23.4 Å². The first-order valence-electron chi connectivity index (χ1n) is 5.34. The molecule has 1 aromatic rings. The summed E-state index contributed by atoms with van der Waals surface area (Å²) in [5, 5.41) is 11.8. The predicted octanol–water partition coefficient (Wildman–Crippen LogP) is 0.252. The fourth-order valence-corrected chi connectivity index (χ4v) is 1.30. The summed E-state index contributed by atoms with van der Waals surface area (Å²) in [6, 6.07) is 1.32. The number of nitrogens with one attached hydrogen (secondary N) is 1. The number of carboxylic acid groups (broad SMARTS) is 1. The molecule has 1 rings (SSSR count). The molecule has 0 aliphatic heterocycles. The number of amides is 1. The summed E-state index contributed by atoms with van der Waals surface area (Å²) >= 11 is 0. The monoisotopic (exact) mass is 252 g/mol. The Labute approximate surface area is 105 Å². The first-order valence-corrected chi connectivity index (χ1v) is 5.34. The molecule has 0 saturated heterocycles. The molecule has 98 valence electrons. The van der Waals surface area contributed by atoms with Gasteiger partial charge in [0.05, 0.1) is 11.9 Å². The van der Waals surface area contributed by atoms with Crippen LogP contribution in [0, 0.1) is 0 Å². The van der Waals surface area contributed by atoms with E-state index in [4.69, 9.17) is 10.8 Å². The number of hydrogen-bond donors (Lipinski definition) is 3. The van der Waals surface area contributed by atoms with Gasteiger partial charge < -0.3 is 21.1 Å². The summed E-state index contributed by atoms with van der Waals surface area (Å²) in [5.41, 5.74) is 5.74. The molecule has 18 heavy (non-hydrogen) atoms. The Morgan fingerprint density at radius 1 is 1.50 bits per heavy atom. The molecule has 0 spiro atoms. The van der Waals surface area contributed by atoms with Crippen molar-refractivity contribution in [3.05, 3.63) is 17.8 Å². The molecule has 1 aromatic heterocycles. The standard InChI is InChI=1S/C11H16N4O3/c1-15(2)9(16)3-4-13-10-8(11(17)18)5-7(12)6-14-10/h5-6H,3-4,12H2,1-2H3,(H,13,14)(H,17,18). The highest BCUT2D eigenvalue weighted by atomic mass is 16.4. The zero-order valence-corrected chi connectivity index (χ0v) is 10.3. The third-order valence-electron chi connectivity index (χ3n) is 2.27. The Kier molecular flexibility index (Phi) is 4.47. The molecule has 1 heterocycles. The number of aromatic carboxylic acids is 1. The van der Waals surface area contributed by atoms with Crippen molar-refractivity contribution in [3.63, 3.8) is 0 Å². The van der Waals surface area contributed by atoms with E-state index in [1.165, 1.54) is 17.2 Å². The summed E-state index contributed by atoms with van der Waals surface area (Å²) in [5.74, 6) is -0.950. The third kappa shape index (κ3) is 3.62. The largest absolute Gasteiger partial charge is 0.478 e. The summed E-state index contributed by atoms with van der Waals surface area (Å²) in [4.78, 5) is 27.7. The maximum Gasteiger partial charge on any atom is 0.339 e. The number of anilines is 2. The Morgan fingerprint density at radius 3 is 2.72 bits per heavy atom. The fraction of sp³-hybridized carbons (Fsp3) is 0.364. The minimum Gasteiger partial charge on any atom is -0.478 e. The quantitative estimate of drug-likeness (QED) is 0.693. The van der Waals surface area contributed by atoms with Gasteiger partial charge in [-0.1, -0.05) is 0 Å². The number of hydrogen-bond acceptors (Lipinski definition) is 5. The Balaban J connectivity index is 2.68.